The van der Waals surface area contributed by atoms with Crippen molar-refractivity contribution in [1.82, 2.24) is 0 Å². The van der Waals surface area contributed by atoms with Gasteiger partial charge in [-0.15, -0.1) is 11.3 Å². The Kier molecular flexibility index (Phi) is 3.98. The zero-order valence-corrected chi connectivity index (χ0v) is 13.0. The van der Waals surface area contributed by atoms with Crippen LogP contribution in [-0.4, -0.2) is 5.78 Å². The summed E-state index contributed by atoms with van der Waals surface area (Å²) in [6.07, 6.45) is 0.200. The normalized spacial score (nSPS) is 11.0. The number of hydrogen-bond donors (Lipinski definition) is 0. The molecule has 0 radical (unpaired) electrons. The number of thiophene rings is 1. The van der Waals surface area contributed by atoms with E-state index in [0.717, 1.165) is 15.6 Å². The Labute approximate surface area is 134 Å². The van der Waals surface area contributed by atoms with Crippen molar-refractivity contribution in [3.8, 4) is 0 Å². The van der Waals surface area contributed by atoms with Crippen LogP contribution in [0.5, 0.6) is 0 Å². The Morgan fingerprint density at radius 2 is 1.90 bits per heavy atom. The second kappa shape index (κ2) is 5.76. The van der Waals surface area contributed by atoms with Crippen molar-refractivity contribution in [2.24, 2.45) is 0 Å². The van der Waals surface area contributed by atoms with Gasteiger partial charge >= 0.3 is 0 Å². The first-order valence-corrected chi connectivity index (χ1v) is 7.76. The van der Waals surface area contributed by atoms with Gasteiger partial charge in [0, 0.05) is 21.2 Å². The number of Topliss-reactive ketones (excluding diaryl/α,β-unsaturated/α-hetero) is 1. The van der Waals surface area contributed by atoms with E-state index in [9.17, 15) is 9.18 Å². The van der Waals surface area contributed by atoms with Crippen molar-refractivity contribution in [2.45, 2.75) is 6.42 Å². The number of rotatable bonds is 3. The Morgan fingerprint density at radius 1 is 1.10 bits per heavy atom. The summed E-state index contributed by atoms with van der Waals surface area (Å²) in [5, 5.41) is 1.75. The number of halogens is 3. The van der Waals surface area contributed by atoms with Gasteiger partial charge in [-0.2, -0.15) is 0 Å². The van der Waals surface area contributed by atoms with E-state index < -0.39 is 0 Å². The maximum Gasteiger partial charge on any atom is 0.177 e. The van der Waals surface area contributed by atoms with Crippen LogP contribution in [-0.2, 0) is 6.42 Å². The molecule has 0 aliphatic carbocycles. The van der Waals surface area contributed by atoms with Gasteiger partial charge in [0.2, 0.25) is 0 Å². The van der Waals surface area contributed by atoms with Gasteiger partial charge in [0.1, 0.15) is 5.82 Å². The summed E-state index contributed by atoms with van der Waals surface area (Å²) >= 11 is 13.3. The molecular weight excluding hydrogens is 330 g/mol. The van der Waals surface area contributed by atoms with Crippen LogP contribution in [0.2, 0.25) is 10.0 Å². The second-order valence-electron chi connectivity index (χ2n) is 4.63. The summed E-state index contributed by atoms with van der Waals surface area (Å²) in [6, 6.07) is 11.3. The first kappa shape index (κ1) is 14.5. The van der Waals surface area contributed by atoms with Gasteiger partial charge in [-0.25, -0.2) is 4.39 Å². The number of fused-ring (bicyclic) bond motifs is 1. The fourth-order valence-electron chi connectivity index (χ4n) is 2.08. The molecule has 0 atom stereocenters. The standard InChI is InChI=1S/C16H9Cl2FOS/c17-11-2-1-9(13(18)8-11)6-14(20)16-7-10-5-12(19)3-4-15(10)21-16/h1-5,7-8H,6H2. The predicted octanol–water partition coefficient (Wildman–Crippen LogP) is 5.77. The van der Waals surface area contributed by atoms with Crippen molar-refractivity contribution in [3.05, 3.63) is 68.8 Å². The van der Waals surface area contributed by atoms with E-state index in [-0.39, 0.29) is 18.0 Å². The highest BCUT2D eigenvalue weighted by Gasteiger charge is 2.13. The summed E-state index contributed by atoms with van der Waals surface area (Å²) in [5.74, 6) is -0.346. The van der Waals surface area contributed by atoms with E-state index in [4.69, 9.17) is 23.2 Å². The summed E-state index contributed by atoms with van der Waals surface area (Å²) in [7, 11) is 0. The average Bonchev–Trinajstić information content (AvgIpc) is 2.85. The maximum absolute atomic E-state index is 13.2. The molecule has 0 N–H and O–H groups in total. The Morgan fingerprint density at radius 3 is 2.67 bits per heavy atom. The van der Waals surface area contributed by atoms with E-state index in [2.05, 4.69) is 0 Å². The number of benzene rings is 2. The molecule has 106 valence electrons. The van der Waals surface area contributed by atoms with Crippen LogP contribution in [0.1, 0.15) is 15.2 Å². The van der Waals surface area contributed by atoms with Crippen LogP contribution in [0, 0.1) is 5.82 Å². The van der Waals surface area contributed by atoms with Crippen LogP contribution < -0.4 is 0 Å². The minimum atomic E-state index is -0.306. The highest BCUT2D eigenvalue weighted by Crippen LogP contribution is 2.28. The molecule has 1 aromatic heterocycles. The van der Waals surface area contributed by atoms with Crippen LogP contribution in [0.3, 0.4) is 0 Å². The summed E-state index contributed by atoms with van der Waals surface area (Å²) in [4.78, 5) is 12.9. The van der Waals surface area contributed by atoms with E-state index in [1.807, 2.05) is 0 Å². The zero-order valence-electron chi connectivity index (χ0n) is 10.7. The first-order valence-electron chi connectivity index (χ1n) is 6.19. The smallest absolute Gasteiger partial charge is 0.177 e. The number of carbonyl (C=O) groups is 1. The molecule has 2 aromatic carbocycles. The minimum Gasteiger partial charge on any atom is -0.293 e. The second-order valence-corrected chi connectivity index (χ2v) is 6.56. The number of hydrogen-bond acceptors (Lipinski definition) is 2. The first-order chi connectivity index (χ1) is 10.0. The number of ketones is 1. The van der Waals surface area contributed by atoms with E-state index in [1.165, 1.54) is 23.5 Å². The van der Waals surface area contributed by atoms with Crippen LogP contribution in [0.15, 0.2) is 42.5 Å². The summed E-state index contributed by atoms with van der Waals surface area (Å²) in [5.41, 5.74) is 0.731. The third kappa shape index (κ3) is 3.10. The van der Waals surface area contributed by atoms with Gasteiger partial charge < -0.3 is 0 Å². The molecule has 0 aliphatic heterocycles. The largest absolute Gasteiger partial charge is 0.293 e. The average molecular weight is 339 g/mol. The van der Waals surface area contributed by atoms with E-state index >= 15 is 0 Å². The highest BCUT2D eigenvalue weighted by atomic mass is 35.5. The van der Waals surface area contributed by atoms with Crippen molar-refractivity contribution < 1.29 is 9.18 Å². The van der Waals surface area contributed by atoms with Crippen molar-refractivity contribution in [1.29, 1.82) is 0 Å². The topological polar surface area (TPSA) is 17.1 Å². The molecule has 1 heterocycles. The van der Waals surface area contributed by atoms with Gasteiger partial charge in [-0.3, -0.25) is 4.79 Å². The molecule has 0 saturated heterocycles. The quantitative estimate of drug-likeness (QED) is 0.554. The van der Waals surface area contributed by atoms with Crippen molar-refractivity contribution in [3.63, 3.8) is 0 Å². The Hall–Kier alpha value is -1.42. The van der Waals surface area contributed by atoms with E-state index in [0.29, 0.717) is 14.9 Å². The molecule has 0 unspecified atom stereocenters. The Bertz CT molecular complexity index is 841. The fraction of sp³-hybridized carbons (Fsp3) is 0.0625. The lowest BCUT2D eigenvalue weighted by atomic mass is 10.1. The lowest BCUT2D eigenvalue weighted by Crippen LogP contribution is -2.01. The Balaban J connectivity index is 1.89. The molecule has 3 aromatic rings. The lowest BCUT2D eigenvalue weighted by molar-refractivity contribution is 0.0997. The van der Waals surface area contributed by atoms with Crippen LogP contribution >= 0.6 is 34.5 Å². The molecule has 0 spiro atoms. The predicted molar refractivity (Wildman–Crippen MR) is 86.3 cm³/mol. The van der Waals surface area contributed by atoms with Crippen LogP contribution in [0.25, 0.3) is 10.1 Å². The molecule has 3 rings (SSSR count). The molecule has 0 bridgehead atoms. The SMILES string of the molecule is O=C(Cc1ccc(Cl)cc1Cl)c1cc2cc(F)ccc2s1. The monoisotopic (exact) mass is 338 g/mol. The van der Waals surface area contributed by atoms with Crippen LogP contribution in [0.4, 0.5) is 4.39 Å². The molecule has 0 saturated carbocycles. The van der Waals surface area contributed by atoms with Gasteiger partial charge in [-0.1, -0.05) is 29.3 Å². The van der Waals surface area contributed by atoms with Gasteiger partial charge in [0.05, 0.1) is 4.88 Å². The summed E-state index contributed by atoms with van der Waals surface area (Å²) < 4.78 is 14.1. The maximum atomic E-state index is 13.2. The van der Waals surface area contributed by atoms with Crippen molar-refractivity contribution in [2.75, 3.05) is 0 Å². The molecule has 21 heavy (non-hydrogen) atoms. The molecular formula is C16H9Cl2FOS. The van der Waals surface area contributed by atoms with Gasteiger partial charge in [0.25, 0.3) is 0 Å². The molecule has 1 nitrogen and oxygen atoms in total. The third-order valence-corrected chi connectivity index (χ3v) is 4.86. The molecule has 5 heteroatoms. The zero-order chi connectivity index (χ0) is 15.0. The van der Waals surface area contributed by atoms with Gasteiger partial charge in [0.15, 0.2) is 5.78 Å². The summed E-state index contributed by atoms with van der Waals surface area (Å²) in [6.45, 7) is 0. The van der Waals surface area contributed by atoms with E-state index in [1.54, 1.807) is 30.3 Å². The fourth-order valence-corrected chi connectivity index (χ4v) is 3.53. The van der Waals surface area contributed by atoms with Crippen molar-refractivity contribution >= 4 is 50.4 Å². The third-order valence-electron chi connectivity index (χ3n) is 3.12. The highest BCUT2D eigenvalue weighted by molar-refractivity contribution is 7.20. The van der Waals surface area contributed by atoms with Gasteiger partial charge in [-0.05, 0) is 47.3 Å². The lowest BCUT2D eigenvalue weighted by Gasteiger charge is -2.02. The molecule has 0 aliphatic rings. The number of carbonyl (C=O) groups excluding carboxylic acids is 1. The minimum absolute atomic E-state index is 0.0409. The molecule has 0 fully saturated rings. The molecule has 0 amide bonds.